The third kappa shape index (κ3) is 8.08. The highest BCUT2D eigenvalue weighted by molar-refractivity contribution is 4.77. The summed E-state index contributed by atoms with van der Waals surface area (Å²) < 4.78 is 0. The van der Waals surface area contributed by atoms with Crippen LogP contribution in [-0.2, 0) is 0 Å². The van der Waals surface area contributed by atoms with E-state index in [4.69, 9.17) is 5.11 Å². The van der Waals surface area contributed by atoms with Gasteiger partial charge < -0.3 is 15.3 Å². The van der Waals surface area contributed by atoms with Crippen LogP contribution in [0.2, 0.25) is 0 Å². The van der Waals surface area contributed by atoms with Crippen molar-refractivity contribution >= 4 is 0 Å². The molecule has 0 rings (SSSR count). The lowest BCUT2D eigenvalue weighted by molar-refractivity contribution is -0.0319. The van der Waals surface area contributed by atoms with E-state index in [1.54, 1.807) is 0 Å². The Bertz CT molecular complexity index is 150. The maximum absolute atomic E-state index is 10.1. The molecule has 0 aromatic carbocycles. The van der Waals surface area contributed by atoms with Crippen LogP contribution in [0.5, 0.6) is 0 Å². The van der Waals surface area contributed by atoms with Crippen molar-refractivity contribution in [1.82, 2.24) is 0 Å². The zero-order valence-electron chi connectivity index (χ0n) is 10.6. The Morgan fingerprint density at radius 2 is 1.38 bits per heavy atom. The Balaban J connectivity index is 3.61. The molecule has 0 fully saturated rings. The van der Waals surface area contributed by atoms with E-state index in [2.05, 4.69) is 6.92 Å². The molecule has 0 aliphatic rings. The summed E-state index contributed by atoms with van der Waals surface area (Å²) in [5.74, 6) is 0. The maximum Gasteiger partial charge on any atom is 0.0877 e. The molecule has 0 bridgehead atoms. The first-order chi connectivity index (χ1) is 7.68. The molecule has 0 spiro atoms. The lowest BCUT2D eigenvalue weighted by Gasteiger charge is -2.25. The highest BCUT2D eigenvalue weighted by atomic mass is 16.3. The summed E-state index contributed by atoms with van der Waals surface area (Å²) in [7, 11) is 0. The van der Waals surface area contributed by atoms with Crippen LogP contribution < -0.4 is 0 Å². The molecule has 16 heavy (non-hydrogen) atoms. The van der Waals surface area contributed by atoms with Crippen molar-refractivity contribution in [3.8, 4) is 0 Å². The van der Waals surface area contributed by atoms with Crippen molar-refractivity contribution in [1.29, 1.82) is 0 Å². The molecular formula is C13H28O3. The number of unbranched alkanes of at least 4 members (excludes halogenated alkanes) is 5. The van der Waals surface area contributed by atoms with Crippen LogP contribution in [0, 0.1) is 0 Å². The molecule has 0 aromatic heterocycles. The number of hydrogen-bond donors (Lipinski definition) is 3. The number of aliphatic hydroxyl groups is 3. The van der Waals surface area contributed by atoms with Crippen LogP contribution in [0.4, 0.5) is 0 Å². The molecule has 0 amide bonds. The molecule has 3 nitrogen and oxygen atoms in total. The Hall–Kier alpha value is -0.120. The summed E-state index contributed by atoms with van der Waals surface area (Å²) in [6.07, 6.45) is 8.57. The van der Waals surface area contributed by atoms with E-state index < -0.39 is 5.60 Å². The van der Waals surface area contributed by atoms with Crippen molar-refractivity contribution in [3.05, 3.63) is 0 Å². The summed E-state index contributed by atoms with van der Waals surface area (Å²) in [4.78, 5) is 0. The summed E-state index contributed by atoms with van der Waals surface area (Å²) in [5.41, 5.74) is -0.915. The van der Waals surface area contributed by atoms with Gasteiger partial charge in [0.05, 0.1) is 12.2 Å². The zero-order chi connectivity index (χ0) is 12.3. The molecule has 0 heterocycles. The number of rotatable bonds is 11. The van der Waals surface area contributed by atoms with Gasteiger partial charge >= 0.3 is 0 Å². The Morgan fingerprint density at radius 3 is 1.88 bits per heavy atom. The second-order valence-electron chi connectivity index (χ2n) is 4.73. The third-order valence-electron chi connectivity index (χ3n) is 3.09. The fourth-order valence-electron chi connectivity index (χ4n) is 1.91. The van der Waals surface area contributed by atoms with E-state index in [0.29, 0.717) is 19.3 Å². The fraction of sp³-hybridized carbons (Fsp3) is 1.00. The molecule has 98 valence electrons. The molecule has 1 unspecified atom stereocenters. The van der Waals surface area contributed by atoms with Crippen LogP contribution in [0.25, 0.3) is 0 Å². The molecule has 0 saturated heterocycles. The van der Waals surface area contributed by atoms with E-state index in [0.717, 1.165) is 19.3 Å². The van der Waals surface area contributed by atoms with Gasteiger partial charge in [-0.25, -0.2) is 0 Å². The van der Waals surface area contributed by atoms with Crippen molar-refractivity contribution < 1.29 is 15.3 Å². The fourth-order valence-corrected chi connectivity index (χ4v) is 1.91. The minimum atomic E-state index is -0.915. The predicted molar refractivity (Wildman–Crippen MR) is 66.3 cm³/mol. The molecule has 0 aromatic rings. The third-order valence-corrected chi connectivity index (χ3v) is 3.09. The molecule has 3 N–H and O–H groups in total. The van der Waals surface area contributed by atoms with Gasteiger partial charge in [-0.3, -0.25) is 0 Å². The maximum atomic E-state index is 10.1. The van der Waals surface area contributed by atoms with E-state index >= 15 is 0 Å². The summed E-state index contributed by atoms with van der Waals surface area (Å²) >= 11 is 0. The van der Waals surface area contributed by atoms with E-state index in [1.165, 1.54) is 19.3 Å². The average Bonchev–Trinajstić information content (AvgIpc) is 2.29. The lowest BCUT2D eigenvalue weighted by atomic mass is 9.91. The minimum Gasteiger partial charge on any atom is -0.396 e. The standard InChI is InChI=1S/C13H28O3/c1-2-3-4-5-6-9-13(16,12-15)10-7-8-11-14/h14-16H,2-12H2,1H3. The van der Waals surface area contributed by atoms with Crippen molar-refractivity contribution in [2.75, 3.05) is 13.2 Å². The number of hydrogen-bond acceptors (Lipinski definition) is 3. The Morgan fingerprint density at radius 1 is 0.812 bits per heavy atom. The normalized spacial score (nSPS) is 15.0. The smallest absolute Gasteiger partial charge is 0.0877 e. The number of aliphatic hydroxyl groups excluding tert-OH is 2. The molecule has 0 saturated carbocycles. The van der Waals surface area contributed by atoms with Gasteiger partial charge in [-0.2, -0.15) is 0 Å². The topological polar surface area (TPSA) is 60.7 Å². The van der Waals surface area contributed by atoms with Crippen LogP contribution in [-0.4, -0.2) is 34.1 Å². The molecule has 0 radical (unpaired) electrons. The first kappa shape index (κ1) is 15.9. The molecular weight excluding hydrogens is 204 g/mol. The van der Waals surface area contributed by atoms with E-state index in [1.807, 2.05) is 0 Å². The molecule has 3 heteroatoms. The zero-order valence-corrected chi connectivity index (χ0v) is 10.6. The van der Waals surface area contributed by atoms with Crippen molar-refractivity contribution in [3.63, 3.8) is 0 Å². The van der Waals surface area contributed by atoms with Gasteiger partial charge in [-0.05, 0) is 25.7 Å². The summed E-state index contributed by atoms with van der Waals surface area (Å²) in [6, 6.07) is 0. The molecule has 1 atom stereocenters. The Kier molecular flexibility index (Phi) is 9.99. The second-order valence-corrected chi connectivity index (χ2v) is 4.73. The van der Waals surface area contributed by atoms with Crippen LogP contribution >= 0.6 is 0 Å². The van der Waals surface area contributed by atoms with Gasteiger partial charge in [-0.1, -0.05) is 39.0 Å². The van der Waals surface area contributed by atoms with Crippen LogP contribution in [0.15, 0.2) is 0 Å². The van der Waals surface area contributed by atoms with Crippen molar-refractivity contribution in [2.45, 2.75) is 70.3 Å². The van der Waals surface area contributed by atoms with Crippen LogP contribution in [0.3, 0.4) is 0 Å². The monoisotopic (exact) mass is 232 g/mol. The first-order valence-corrected chi connectivity index (χ1v) is 6.62. The predicted octanol–water partition coefficient (Wildman–Crippen LogP) is 2.23. The van der Waals surface area contributed by atoms with Crippen molar-refractivity contribution in [2.24, 2.45) is 0 Å². The SMILES string of the molecule is CCCCCCCC(O)(CO)CCCCO. The highest BCUT2D eigenvalue weighted by Crippen LogP contribution is 2.21. The van der Waals surface area contributed by atoms with Gasteiger partial charge in [0, 0.05) is 6.61 Å². The molecule has 0 aliphatic carbocycles. The van der Waals surface area contributed by atoms with E-state index in [-0.39, 0.29) is 13.2 Å². The second kappa shape index (κ2) is 10.1. The highest BCUT2D eigenvalue weighted by Gasteiger charge is 2.24. The van der Waals surface area contributed by atoms with Gasteiger partial charge in [0.1, 0.15) is 0 Å². The summed E-state index contributed by atoms with van der Waals surface area (Å²) in [6.45, 7) is 2.18. The van der Waals surface area contributed by atoms with E-state index in [9.17, 15) is 10.2 Å². The summed E-state index contributed by atoms with van der Waals surface area (Å²) in [5, 5.41) is 27.9. The Labute approximate surface area is 99.5 Å². The van der Waals surface area contributed by atoms with Gasteiger partial charge in [0.25, 0.3) is 0 Å². The lowest BCUT2D eigenvalue weighted by Crippen LogP contribution is -2.33. The van der Waals surface area contributed by atoms with Crippen LogP contribution in [0.1, 0.15) is 64.7 Å². The average molecular weight is 232 g/mol. The minimum absolute atomic E-state index is 0.161. The van der Waals surface area contributed by atoms with Gasteiger partial charge in [0.2, 0.25) is 0 Å². The first-order valence-electron chi connectivity index (χ1n) is 6.62. The molecule has 0 aliphatic heterocycles. The van der Waals surface area contributed by atoms with Gasteiger partial charge in [-0.15, -0.1) is 0 Å². The largest absolute Gasteiger partial charge is 0.396 e. The quantitative estimate of drug-likeness (QED) is 0.479. The van der Waals surface area contributed by atoms with Gasteiger partial charge in [0.15, 0.2) is 0 Å².